The van der Waals surface area contributed by atoms with Crippen molar-refractivity contribution in [2.45, 2.75) is 0 Å². The molecule has 0 saturated carbocycles. The highest BCUT2D eigenvalue weighted by atomic mass is 35.5. The van der Waals surface area contributed by atoms with Gasteiger partial charge in [-0.1, -0.05) is 41.9 Å². The van der Waals surface area contributed by atoms with Gasteiger partial charge in [-0.25, -0.2) is 5.43 Å². The zero-order chi connectivity index (χ0) is 18.4. The molecule has 0 radical (unpaired) electrons. The SMILES string of the molecule is COc1ccc(/C=N\NC(=O)CNc2ccc3ccccc3c2)cc1Cl. The minimum absolute atomic E-state index is 0.124. The summed E-state index contributed by atoms with van der Waals surface area (Å²) in [6.07, 6.45) is 1.53. The van der Waals surface area contributed by atoms with Crippen molar-refractivity contribution in [2.75, 3.05) is 19.0 Å². The molecule has 3 aromatic carbocycles. The predicted molar refractivity (Wildman–Crippen MR) is 106 cm³/mol. The highest BCUT2D eigenvalue weighted by molar-refractivity contribution is 6.32. The van der Waals surface area contributed by atoms with Crippen LogP contribution in [-0.4, -0.2) is 25.8 Å². The topological polar surface area (TPSA) is 62.7 Å². The van der Waals surface area contributed by atoms with Crippen molar-refractivity contribution in [1.29, 1.82) is 0 Å². The summed E-state index contributed by atoms with van der Waals surface area (Å²) in [5.74, 6) is 0.349. The number of benzene rings is 3. The number of anilines is 1. The molecule has 2 N–H and O–H groups in total. The average molecular weight is 368 g/mol. The van der Waals surface area contributed by atoms with Crippen molar-refractivity contribution < 1.29 is 9.53 Å². The molecule has 0 aliphatic heterocycles. The zero-order valence-corrected chi connectivity index (χ0v) is 15.0. The second-order valence-corrected chi connectivity index (χ2v) is 6.01. The summed E-state index contributed by atoms with van der Waals surface area (Å²) >= 11 is 6.05. The maximum atomic E-state index is 11.9. The second-order valence-electron chi connectivity index (χ2n) is 5.60. The summed E-state index contributed by atoms with van der Waals surface area (Å²) in [6.45, 7) is 0.124. The van der Waals surface area contributed by atoms with Gasteiger partial charge in [0.1, 0.15) is 5.75 Å². The molecule has 5 nitrogen and oxygen atoms in total. The molecule has 1 amide bonds. The molecule has 0 aliphatic rings. The van der Waals surface area contributed by atoms with Gasteiger partial charge in [-0.2, -0.15) is 5.10 Å². The van der Waals surface area contributed by atoms with Gasteiger partial charge in [0.2, 0.25) is 0 Å². The first kappa shape index (κ1) is 17.8. The van der Waals surface area contributed by atoms with E-state index in [-0.39, 0.29) is 12.5 Å². The van der Waals surface area contributed by atoms with E-state index in [9.17, 15) is 4.79 Å². The van der Waals surface area contributed by atoms with Crippen LogP contribution in [0.15, 0.2) is 65.8 Å². The Labute approximate surface area is 156 Å². The summed E-state index contributed by atoms with van der Waals surface area (Å²) in [7, 11) is 1.55. The lowest BCUT2D eigenvalue weighted by Gasteiger charge is -2.07. The Morgan fingerprint density at radius 2 is 1.92 bits per heavy atom. The number of amides is 1. The number of hydrazone groups is 1. The van der Waals surface area contributed by atoms with Gasteiger partial charge in [-0.15, -0.1) is 0 Å². The van der Waals surface area contributed by atoms with E-state index in [2.05, 4.69) is 15.8 Å². The van der Waals surface area contributed by atoms with E-state index in [4.69, 9.17) is 16.3 Å². The molecule has 0 aliphatic carbocycles. The summed E-state index contributed by atoms with van der Waals surface area (Å²) in [5.41, 5.74) is 4.12. The van der Waals surface area contributed by atoms with Crippen molar-refractivity contribution in [2.24, 2.45) is 5.10 Å². The number of rotatable bonds is 6. The van der Waals surface area contributed by atoms with Gasteiger partial charge in [-0.05, 0) is 46.7 Å². The number of hydrogen-bond donors (Lipinski definition) is 2. The van der Waals surface area contributed by atoms with Gasteiger partial charge in [0, 0.05) is 5.69 Å². The van der Waals surface area contributed by atoms with Crippen LogP contribution >= 0.6 is 11.6 Å². The smallest absolute Gasteiger partial charge is 0.259 e. The number of nitrogens with one attached hydrogen (secondary N) is 2. The van der Waals surface area contributed by atoms with Crippen LogP contribution in [0.5, 0.6) is 5.75 Å². The number of fused-ring (bicyclic) bond motifs is 1. The number of nitrogens with zero attached hydrogens (tertiary/aromatic N) is 1. The van der Waals surface area contributed by atoms with E-state index in [1.165, 1.54) is 6.21 Å². The van der Waals surface area contributed by atoms with Gasteiger partial charge in [0.05, 0.1) is 24.9 Å². The third-order valence-corrected chi connectivity index (χ3v) is 4.08. The Morgan fingerprint density at radius 1 is 1.12 bits per heavy atom. The highest BCUT2D eigenvalue weighted by Gasteiger charge is 2.02. The van der Waals surface area contributed by atoms with Crippen LogP contribution < -0.4 is 15.5 Å². The number of carbonyl (C=O) groups excluding carboxylic acids is 1. The Kier molecular flexibility index (Phi) is 5.71. The van der Waals surface area contributed by atoms with Crippen LogP contribution in [0.1, 0.15) is 5.56 Å². The van der Waals surface area contributed by atoms with Gasteiger partial charge >= 0.3 is 0 Å². The quantitative estimate of drug-likeness (QED) is 0.510. The van der Waals surface area contributed by atoms with Gasteiger partial charge in [0.15, 0.2) is 0 Å². The number of methoxy groups -OCH3 is 1. The number of ether oxygens (including phenoxy) is 1. The molecular weight excluding hydrogens is 350 g/mol. The maximum Gasteiger partial charge on any atom is 0.259 e. The number of halogens is 1. The normalized spacial score (nSPS) is 10.8. The molecule has 0 aromatic heterocycles. The molecule has 0 unspecified atom stereocenters. The van der Waals surface area contributed by atoms with Gasteiger partial charge in [-0.3, -0.25) is 4.79 Å². The third-order valence-electron chi connectivity index (χ3n) is 3.78. The summed E-state index contributed by atoms with van der Waals surface area (Å²) in [6, 6.07) is 19.3. The lowest BCUT2D eigenvalue weighted by atomic mass is 10.1. The monoisotopic (exact) mass is 367 g/mol. The molecule has 26 heavy (non-hydrogen) atoms. The van der Waals surface area contributed by atoms with Crippen LogP contribution in [0.3, 0.4) is 0 Å². The van der Waals surface area contributed by atoms with Crippen LogP contribution in [-0.2, 0) is 4.79 Å². The fourth-order valence-electron chi connectivity index (χ4n) is 2.46. The average Bonchev–Trinajstić information content (AvgIpc) is 2.66. The first-order valence-corrected chi connectivity index (χ1v) is 8.41. The van der Waals surface area contributed by atoms with Crippen molar-refractivity contribution in [3.05, 3.63) is 71.2 Å². The van der Waals surface area contributed by atoms with E-state index in [1.807, 2.05) is 42.5 Å². The minimum atomic E-state index is -0.242. The Hall–Kier alpha value is -3.05. The molecule has 0 saturated heterocycles. The van der Waals surface area contributed by atoms with Crippen LogP contribution in [0, 0.1) is 0 Å². The minimum Gasteiger partial charge on any atom is -0.495 e. The summed E-state index contributed by atoms with van der Waals surface area (Å²) < 4.78 is 5.09. The largest absolute Gasteiger partial charge is 0.495 e. The van der Waals surface area contributed by atoms with Crippen LogP contribution in [0.4, 0.5) is 5.69 Å². The van der Waals surface area contributed by atoms with E-state index in [0.29, 0.717) is 10.8 Å². The first-order valence-electron chi connectivity index (χ1n) is 8.04. The van der Waals surface area contributed by atoms with Crippen LogP contribution in [0.25, 0.3) is 10.8 Å². The van der Waals surface area contributed by atoms with Gasteiger partial charge < -0.3 is 10.1 Å². The molecule has 0 spiro atoms. The fourth-order valence-corrected chi connectivity index (χ4v) is 2.73. The van der Waals surface area contributed by atoms with Crippen LogP contribution in [0.2, 0.25) is 5.02 Å². The third kappa shape index (κ3) is 4.52. The van der Waals surface area contributed by atoms with Crippen molar-refractivity contribution >= 4 is 40.2 Å². The molecule has 3 rings (SSSR count). The van der Waals surface area contributed by atoms with E-state index >= 15 is 0 Å². The maximum absolute atomic E-state index is 11.9. The lowest BCUT2D eigenvalue weighted by molar-refractivity contribution is -0.119. The Bertz CT molecular complexity index is 957. The van der Waals surface area contributed by atoms with Crippen molar-refractivity contribution in [3.63, 3.8) is 0 Å². The second kappa shape index (κ2) is 8.36. The zero-order valence-electron chi connectivity index (χ0n) is 14.2. The fraction of sp³-hybridized carbons (Fsp3) is 0.100. The van der Waals surface area contributed by atoms with E-state index < -0.39 is 0 Å². The van der Waals surface area contributed by atoms with E-state index in [0.717, 1.165) is 22.0 Å². The summed E-state index contributed by atoms with van der Waals surface area (Å²) in [5, 5.41) is 9.78. The molecular formula is C20H18ClN3O2. The summed E-state index contributed by atoms with van der Waals surface area (Å²) in [4.78, 5) is 11.9. The molecule has 132 valence electrons. The predicted octanol–water partition coefficient (Wildman–Crippen LogP) is 4.06. The molecule has 6 heteroatoms. The van der Waals surface area contributed by atoms with E-state index in [1.54, 1.807) is 25.3 Å². The standard InChI is InChI=1S/C20H18ClN3O2/c1-26-19-9-6-14(10-18(19)21)12-23-24-20(25)13-22-17-8-7-15-4-2-3-5-16(15)11-17/h2-12,22H,13H2,1H3,(H,24,25)/b23-12-. The number of hydrogen-bond acceptors (Lipinski definition) is 4. The Morgan fingerprint density at radius 3 is 2.69 bits per heavy atom. The molecule has 0 fully saturated rings. The van der Waals surface area contributed by atoms with Crippen molar-refractivity contribution in [1.82, 2.24) is 5.43 Å². The first-order chi connectivity index (χ1) is 12.7. The molecule has 0 atom stereocenters. The highest BCUT2D eigenvalue weighted by Crippen LogP contribution is 2.24. The lowest BCUT2D eigenvalue weighted by Crippen LogP contribution is -2.25. The Balaban J connectivity index is 1.52. The van der Waals surface area contributed by atoms with Crippen molar-refractivity contribution in [3.8, 4) is 5.75 Å². The molecule has 0 heterocycles. The van der Waals surface area contributed by atoms with Gasteiger partial charge in [0.25, 0.3) is 5.91 Å². The number of carbonyl (C=O) groups is 1. The molecule has 0 bridgehead atoms. The molecule has 3 aromatic rings.